The molecule has 0 spiro atoms. The van der Waals surface area contributed by atoms with Gasteiger partial charge in [-0.2, -0.15) is 0 Å². The summed E-state index contributed by atoms with van der Waals surface area (Å²) >= 11 is 0. The smallest absolute Gasteiger partial charge is 0.342 e. The number of carbonyl (C=O) groups excluding carboxylic acids is 2. The van der Waals surface area contributed by atoms with Gasteiger partial charge in [0, 0.05) is 11.8 Å². The monoisotopic (exact) mass is 279 g/mol. The molecule has 0 saturated carbocycles. The number of nitrogens with zero attached hydrogens (tertiary/aromatic N) is 2. The lowest BCUT2D eigenvalue weighted by Crippen LogP contribution is -2.51. The van der Waals surface area contributed by atoms with Crippen molar-refractivity contribution in [3.63, 3.8) is 0 Å². The van der Waals surface area contributed by atoms with Crippen molar-refractivity contribution in [2.24, 2.45) is 0 Å². The lowest BCUT2D eigenvalue weighted by molar-refractivity contribution is -0.385. The highest BCUT2D eigenvalue weighted by Gasteiger charge is 2.26. The van der Waals surface area contributed by atoms with Crippen LogP contribution in [0.15, 0.2) is 18.2 Å². The molecule has 1 saturated heterocycles. The zero-order valence-electron chi connectivity index (χ0n) is 10.0. The third-order valence-corrected chi connectivity index (χ3v) is 2.72. The molecule has 0 radical (unpaired) electrons. The molecule has 9 heteroatoms. The number of carboxylic acid groups (broad SMARTS) is 1. The van der Waals surface area contributed by atoms with Crippen LogP contribution in [0, 0.1) is 10.1 Å². The van der Waals surface area contributed by atoms with Crippen molar-refractivity contribution >= 4 is 29.2 Å². The predicted octanol–water partition coefficient (Wildman–Crippen LogP) is -0.244. The first-order valence-electron chi connectivity index (χ1n) is 5.48. The fraction of sp³-hybridized carbons (Fsp3) is 0.182. The average Bonchev–Trinajstić information content (AvgIpc) is 2.36. The predicted molar refractivity (Wildman–Crippen MR) is 65.4 cm³/mol. The quantitative estimate of drug-likeness (QED) is 0.443. The minimum Gasteiger partial charge on any atom is -0.477 e. The van der Waals surface area contributed by atoms with Crippen LogP contribution in [0.3, 0.4) is 0 Å². The Kier molecular flexibility index (Phi) is 3.34. The van der Waals surface area contributed by atoms with E-state index in [9.17, 15) is 24.5 Å². The Bertz CT molecular complexity index is 611. The number of hydrogen-bond donors (Lipinski definition) is 2. The lowest BCUT2D eigenvalue weighted by Gasteiger charge is -2.27. The normalized spacial score (nSPS) is 14.9. The van der Waals surface area contributed by atoms with Gasteiger partial charge in [0.1, 0.15) is 5.56 Å². The van der Waals surface area contributed by atoms with Crippen LogP contribution in [0.1, 0.15) is 10.4 Å². The number of aromatic carboxylic acids is 1. The number of nitro benzene ring substituents is 1. The summed E-state index contributed by atoms with van der Waals surface area (Å²) in [6.07, 6.45) is 0. The van der Waals surface area contributed by atoms with Gasteiger partial charge in [-0.25, -0.2) is 4.79 Å². The topological polar surface area (TPSA) is 130 Å². The van der Waals surface area contributed by atoms with E-state index < -0.39 is 34.0 Å². The summed E-state index contributed by atoms with van der Waals surface area (Å²) in [5.74, 6) is -2.49. The first kappa shape index (κ1) is 13.5. The number of nitro groups is 1. The van der Waals surface area contributed by atoms with Gasteiger partial charge in [-0.3, -0.25) is 25.0 Å². The molecular formula is C11H9N3O6. The molecule has 0 aromatic heterocycles. The van der Waals surface area contributed by atoms with E-state index in [2.05, 4.69) is 5.32 Å². The molecule has 0 unspecified atom stereocenters. The molecule has 1 aromatic carbocycles. The number of benzene rings is 1. The van der Waals surface area contributed by atoms with Gasteiger partial charge in [-0.1, -0.05) is 0 Å². The van der Waals surface area contributed by atoms with Crippen molar-refractivity contribution in [2.45, 2.75) is 0 Å². The Labute approximate surface area is 111 Å². The van der Waals surface area contributed by atoms with Crippen molar-refractivity contribution in [1.29, 1.82) is 0 Å². The van der Waals surface area contributed by atoms with Crippen molar-refractivity contribution in [1.82, 2.24) is 5.32 Å². The minimum absolute atomic E-state index is 0.122. The number of amides is 2. The molecule has 0 bridgehead atoms. The van der Waals surface area contributed by atoms with Gasteiger partial charge in [-0.05, 0) is 12.1 Å². The molecule has 0 atom stereocenters. The Balaban J connectivity index is 2.40. The maximum Gasteiger partial charge on any atom is 0.342 e. The number of carboxylic acids is 1. The summed E-state index contributed by atoms with van der Waals surface area (Å²) in [6, 6.07) is 3.42. The zero-order chi connectivity index (χ0) is 14.9. The Morgan fingerprint density at radius 3 is 2.40 bits per heavy atom. The highest BCUT2D eigenvalue weighted by molar-refractivity contribution is 6.03. The molecule has 0 aliphatic carbocycles. The van der Waals surface area contributed by atoms with Crippen LogP contribution >= 0.6 is 0 Å². The van der Waals surface area contributed by atoms with Gasteiger partial charge >= 0.3 is 5.97 Å². The minimum atomic E-state index is -1.45. The Morgan fingerprint density at radius 2 is 1.90 bits per heavy atom. The van der Waals surface area contributed by atoms with Gasteiger partial charge in [0.05, 0.1) is 18.0 Å². The molecule has 9 nitrogen and oxygen atoms in total. The Morgan fingerprint density at radius 1 is 1.30 bits per heavy atom. The second-order valence-electron chi connectivity index (χ2n) is 4.09. The molecular weight excluding hydrogens is 270 g/mol. The van der Waals surface area contributed by atoms with E-state index in [1.807, 2.05) is 0 Å². The van der Waals surface area contributed by atoms with E-state index in [0.717, 1.165) is 12.1 Å². The summed E-state index contributed by atoms with van der Waals surface area (Å²) in [5.41, 5.74) is -0.781. The molecule has 20 heavy (non-hydrogen) atoms. The van der Waals surface area contributed by atoms with E-state index in [0.29, 0.717) is 0 Å². The highest BCUT2D eigenvalue weighted by atomic mass is 16.6. The zero-order valence-corrected chi connectivity index (χ0v) is 10.0. The van der Waals surface area contributed by atoms with Gasteiger partial charge in [0.2, 0.25) is 11.8 Å². The number of hydrogen-bond acceptors (Lipinski definition) is 6. The van der Waals surface area contributed by atoms with Crippen molar-refractivity contribution in [3.8, 4) is 0 Å². The van der Waals surface area contributed by atoms with Crippen LogP contribution in [-0.2, 0) is 9.59 Å². The molecule has 104 valence electrons. The molecule has 1 heterocycles. The average molecular weight is 279 g/mol. The molecule has 2 N–H and O–H groups in total. The number of piperazine rings is 1. The van der Waals surface area contributed by atoms with Gasteiger partial charge < -0.3 is 10.0 Å². The molecule has 1 aliphatic heterocycles. The van der Waals surface area contributed by atoms with Crippen LogP contribution in [0.25, 0.3) is 0 Å². The highest BCUT2D eigenvalue weighted by Crippen LogP contribution is 2.25. The largest absolute Gasteiger partial charge is 0.477 e. The summed E-state index contributed by atoms with van der Waals surface area (Å²) in [4.78, 5) is 44.8. The lowest BCUT2D eigenvalue weighted by atomic mass is 10.1. The summed E-state index contributed by atoms with van der Waals surface area (Å²) in [7, 11) is 0. The van der Waals surface area contributed by atoms with Crippen LogP contribution in [0.2, 0.25) is 0 Å². The number of imide groups is 1. The molecule has 2 amide bonds. The fourth-order valence-electron chi connectivity index (χ4n) is 1.87. The van der Waals surface area contributed by atoms with Crippen LogP contribution in [-0.4, -0.2) is 40.9 Å². The van der Waals surface area contributed by atoms with E-state index in [1.54, 1.807) is 0 Å². The van der Waals surface area contributed by atoms with E-state index in [-0.39, 0.29) is 18.8 Å². The number of nitrogens with one attached hydrogen (secondary N) is 1. The Hall–Kier alpha value is -2.97. The van der Waals surface area contributed by atoms with Gasteiger partial charge in [0.25, 0.3) is 5.69 Å². The maximum atomic E-state index is 11.3. The first-order chi connectivity index (χ1) is 9.38. The fourth-order valence-corrected chi connectivity index (χ4v) is 1.87. The van der Waals surface area contributed by atoms with Crippen molar-refractivity contribution in [3.05, 3.63) is 33.9 Å². The van der Waals surface area contributed by atoms with Crippen LogP contribution in [0.4, 0.5) is 11.4 Å². The SMILES string of the molecule is O=C1CN(c2ccc([N+](=O)[O-])c(C(=O)O)c2)CC(=O)N1. The molecule has 1 fully saturated rings. The first-order valence-corrected chi connectivity index (χ1v) is 5.48. The summed E-state index contributed by atoms with van der Waals surface area (Å²) < 4.78 is 0. The second kappa shape index (κ2) is 4.96. The van der Waals surface area contributed by atoms with Gasteiger partial charge in [-0.15, -0.1) is 0 Å². The van der Waals surface area contributed by atoms with Crippen molar-refractivity contribution < 1.29 is 24.4 Å². The van der Waals surface area contributed by atoms with E-state index >= 15 is 0 Å². The summed E-state index contributed by atoms with van der Waals surface area (Å²) in [5, 5.41) is 21.8. The van der Waals surface area contributed by atoms with E-state index in [1.165, 1.54) is 11.0 Å². The van der Waals surface area contributed by atoms with E-state index in [4.69, 9.17) is 5.11 Å². The molecule has 1 aliphatic rings. The maximum absolute atomic E-state index is 11.3. The van der Waals surface area contributed by atoms with Crippen LogP contribution in [0.5, 0.6) is 0 Å². The second-order valence-corrected chi connectivity index (χ2v) is 4.09. The van der Waals surface area contributed by atoms with Crippen LogP contribution < -0.4 is 10.2 Å². The third kappa shape index (κ3) is 2.55. The third-order valence-electron chi connectivity index (χ3n) is 2.72. The number of rotatable bonds is 3. The van der Waals surface area contributed by atoms with Crippen molar-refractivity contribution in [2.75, 3.05) is 18.0 Å². The molecule has 1 aromatic rings. The standard InChI is InChI=1S/C11H9N3O6/c15-9-4-13(5-10(16)12-9)6-1-2-8(14(19)20)7(3-6)11(17)18/h1-3H,4-5H2,(H,17,18)(H,12,15,16). The van der Waals surface area contributed by atoms with Gasteiger partial charge in [0.15, 0.2) is 0 Å². The molecule has 2 rings (SSSR count). The number of anilines is 1. The summed E-state index contributed by atoms with van der Waals surface area (Å²) in [6.45, 7) is -0.245. The number of carbonyl (C=O) groups is 3.